The Morgan fingerprint density at radius 2 is 1.93 bits per heavy atom. The molecule has 6 rings (SSSR count). The number of hydrogen-bond acceptors (Lipinski definition) is 9. The number of nitrogens with one attached hydrogen (secondary N) is 4. The summed E-state index contributed by atoms with van der Waals surface area (Å²) in [7, 11) is 3.10. The Balaban J connectivity index is 0.00000337. The minimum absolute atomic E-state index is 0. The highest BCUT2D eigenvalue weighted by Crippen LogP contribution is 2.43. The van der Waals surface area contributed by atoms with Gasteiger partial charge in [-0.15, -0.1) is 0 Å². The van der Waals surface area contributed by atoms with Crippen LogP contribution in [-0.4, -0.2) is 74.8 Å². The smallest absolute Gasteiger partial charge is 0.322 e. The first kappa shape index (κ1) is 28.5. The molecule has 2 fully saturated rings. The standard InChI is InChI=1S/C27H34N10O3.H2S/c1-27(2)20-17(14-37(27)26(39)29-18-13-16(18)15-9-6-5-7-10-15)21(35-34-20)30-23-31-24(33-25(32-23)40-4)36-12-8-11-19(36)22(38)28-3;/h5-7,9-10,16,18-19H,8,11-14H2,1-4H3,(H,28,38)(H,29,39)(H2,30,31,32,33,34,35);1H2/t16-,18?,19+;/m1./s1. The van der Waals surface area contributed by atoms with Gasteiger partial charge >= 0.3 is 12.0 Å². The van der Waals surface area contributed by atoms with Crippen molar-refractivity contribution in [2.24, 2.45) is 0 Å². The Hall–Kier alpha value is -4.07. The number of nitrogens with zero attached hydrogens (tertiary/aromatic N) is 6. The van der Waals surface area contributed by atoms with E-state index >= 15 is 0 Å². The van der Waals surface area contributed by atoms with Crippen LogP contribution in [0.25, 0.3) is 0 Å². The summed E-state index contributed by atoms with van der Waals surface area (Å²) in [6, 6.07) is 10.1. The van der Waals surface area contributed by atoms with Crippen LogP contribution >= 0.6 is 13.5 Å². The highest BCUT2D eigenvalue weighted by atomic mass is 32.1. The summed E-state index contributed by atoms with van der Waals surface area (Å²) in [4.78, 5) is 42.8. The maximum absolute atomic E-state index is 13.4. The SMILES string of the molecule is CNC(=O)[C@@H]1CCCN1c1nc(Nc2n[nH]c3c2CN(C(=O)NC2C[C@@H]2c2ccccc2)C3(C)C)nc(OC)n1.S. The molecule has 0 radical (unpaired) electrons. The van der Waals surface area contributed by atoms with Gasteiger partial charge in [-0.3, -0.25) is 9.89 Å². The quantitative estimate of drug-likeness (QED) is 0.330. The van der Waals surface area contributed by atoms with Crippen LogP contribution in [0.2, 0.25) is 0 Å². The van der Waals surface area contributed by atoms with Crippen LogP contribution < -0.4 is 25.6 Å². The minimum Gasteiger partial charge on any atom is -0.467 e. The van der Waals surface area contributed by atoms with E-state index in [2.05, 4.69) is 53.2 Å². The number of methoxy groups -OCH3 is 1. The zero-order valence-electron chi connectivity index (χ0n) is 23.6. The number of carbonyl (C=O) groups is 2. The molecule has 1 saturated heterocycles. The highest BCUT2D eigenvalue weighted by molar-refractivity contribution is 7.59. The Labute approximate surface area is 245 Å². The number of ether oxygens (including phenoxy) is 1. The maximum Gasteiger partial charge on any atom is 0.322 e. The first-order valence-corrected chi connectivity index (χ1v) is 13.6. The lowest BCUT2D eigenvalue weighted by Gasteiger charge is -2.32. The number of aromatic amines is 1. The highest BCUT2D eigenvalue weighted by Gasteiger charge is 2.47. The fourth-order valence-electron chi connectivity index (χ4n) is 5.78. The third kappa shape index (κ3) is 5.23. The number of hydrogen-bond donors (Lipinski definition) is 4. The molecule has 14 heteroatoms. The van der Waals surface area contributed by atoms with Crippen molar-refractivity contribution >= 4 is 43.1 Å². The first-order chi connectivity index (χ1) is 19.3. The maximum atomic E-state index is 13.4. The average molecular weight is 581 g/mol. The number of likely N-dealkylation sites (N-methyl/N-ethyl adjacent to an activating group) is 1. The van der Waals surface area contributed by atoms with Crippen molar-refractivity contribution in [3.8, 4) is 6.01 Å². The third-order valence-corrected chi connectivity index (χ3v) is 8.12. The van der Waals surface area contributed by atoms with Crippen molar-refractivity contribution in [2.45, 2.75) is 63.2 Å². The fraction of sp³-hybridized carbons (Fsp3) is 0.481. The first-order valence-electron chi connectivity index (χ1n) is 13.6. The Bertz CT molecular complexity index is 1430. The van der Waals surface area contributed by atoms with Gasteiger partial charge in [0.1, 0.15) is 6.04 Å². The van der Waals surface area contributed by atoms with E-state index in [1.807, 2.05) is 41.8 Å². The van der Waals surface area contributed by atoms with Crippen LogP contribution in [0.3, 0.4) is 0 Å². The van der Waals surface area contributed by atoms with E-state index in [1.165, 1.54) is 12.7 Å². The second kappa shape index (κ2) is 11.1. The molecule has 1 unspecified atom stereocenters. The van der Waals surface area contributed by atoms with E-state index in [-0.39, 0.29) is 49.5 Å². The molecule has 218 valence electrons. The van der Waals surface area contributed by atoms with Crippen LogP contribution in [0.1, 0.15) is 55.8 Å². The van der Waals surface area contributed by atoms with Gasteiger partial charge in [0.25, 0.3) is 0 Å². The van der Waals surface area contributed by atoms with E-state index in [0.717, 1.165) is 24.1 Å². The van der Waals surface area contributed by atoms with Crippen LogP contribution in [0, 0.1) is 0 Å². The van der Waals surface area contributed by atoms with E-state index in [4.69, 9.17) is 4.74 Å². The van der Waals surface area contributed by atoms with Gasteiger partial charge in [0.05, 0.1) is 24.9 Å². The van der Waals surface area contributed by atoms with Crippen LogP contribution in [0.4, 0.5) is 22.5 Å². The molecule has 3 aromatic rings. The summed E-state index contributed by atoms with van der Waals surface area (Å²) in [6.07, 6.45) is 2.50. The van der Waals surface area contributed by atoms with Gasteiger partial charge in [-0.1, -0.05) is 30.3 Å². The molecule has 1 saturated carbocycles. The third-order valence-electron chi connectivity index (χ3n) is 8.12. The van der Waals surface area contributed by atoms with Crippen LogP contribution in [-0.2, 0) is 16.9 Å². The fourth-order valence-corrected chi connectivity index (χ4v) is 5.78. The normalized spacial score (nSPS) is 22.0. The molecule has 1 aromatic carbocycles. The number of amides is 3. The number of aromatic nitrogens is 5. The van der Waals surface area contributed by atoms with Gasteiger partial charge in [-0.05, 0) is 38.7 Å². The summed E-state index contributed by atoms with van der Waals surface area (Å²) in [6.45, 7) is 5.01. The molecule has 4 N–H and O–H groups in total. The second-order valence-corrected chi connectivity index (χ2v) is 10.9. The van der Waals surface area contributed by atoms with Crippen LogP contribution in [0.15, 0.2) is 30.3 Å². The molecule has 2 aliphatic heterocycles. The lowest BCUT2D eigenvalue weighted by atomic mass is 10.0. The van der Waals surface area contributed by atoms with Crippen LogP contribution in [0.5, 0.6) is 6.01 Å². The number of urea groups is 1. The molecule has 13 nitrogen and oxygen atoms in total. The van der Waals surface area contributed by atoms with E-state index in [0.29, 0.717) is 37.2 Å². The number of rotatable bonds is 7. The molecule has 0 bridgehead atoms. The zero-order valence-corrected chi connectivity index (χ0v) is 24.6. The van der Waals surface area contributed by atoms with Gasteiger partial charge in [0.15, 0.2) is 5.82 Å². The lowest BCUT2D eigenvalue weighted by Crippen LogP contribution is -2.47. The largest absolute Gasteiger partial charge is 0.467 e. The average Bonchev–Trinajstić information content (AvgIpc) is 3.26. The molecular formula is C27H36N10O3S. The number of benzene rings is 1. The van der Waals surface area contributed by atoms with Gasteiger partial charge < -0.3 is 30.5 Å². The van der Waals surface area contributed by atoms with Gasteiger partial charge in [0.2, 0.25) is 17.8 Å². The van der Waals surface area contributed by atoms with Gasteiger partial charge in [-0.25, -0.2) is 4.79 Å². The van der Waals surface area contributed by atoms with E-state index in [1.54, 1.807) is 7.05 Å². The molecule has 41 heavy (non-hydrogen) atoms. The van der Waals surface area contributed by atoms with Gasteiger partial charge in [0, 0.05) is 31.1 Å². The summed E-state index contributed by atoms with van der Waals surface area (Å²) in [5, 5.41) is 16.7. The predicted octanol–water partition coefficient (Wildman–Crippen LogP) is 2.49. The molecule has 0 spiro atoms. The Kier molecular flexibility index (Phi) is 7.68. The Morgan fingerprint density at radius 1 is 1.15 bits per heavy atom. The number of anilines is 3. The summed E-state index contributed by atoms with van der Waals surface area (Å²) in [5.74, 6) is 1.38. The van der Waals surface area contributed by atoms with E-state index < -0.39 is 5.54 Å². The molecular weight excluding hydrogens is 544 g/mol. The van der Waals surface area contributed by atoms with Crippen molar-refractivity contribution in [3.05, 3.63) is 47.2 Å². The van der Waals surface area contributed by atoms with Crippen molar-refractivity contribution < 1.29 is 14.3 Å². The molecule has 3 atom stereocenters. The molecule has 3 amide bonds. The second-order valence-electron chi connectivity index (χ2n) is 10.9. The minimum atomic E-state index is -0.596. The zero-order chi connectivity index (χ0) is 28.0. The summed E-state index contributed by atoms with van der Waals surface area (Å²) >= 11 is 0. The summed E-state index contributed by atoms with van der Waals surface area (Å²) in [5.41, 5.74) is 2.36. The molecule has 4 heterocycles. The van der Waals surface area contributed by atoms with E-state index in [9.17, 15) is 9.59 Å². The Morgan fingerprint density at radius 3 is 2.66 bits per heavy atom. The number of fused-ring (bicyclic) bond motifs is 1. The number of H-pyrrole nitrogens is 1. The number of carbonyl (C=O) groups excluding carboxylic acids is 2. The van der Waals surface area contributed by atoms with Gasteiger partial charge in [-0.2, -0.15) is 33.5 Å². The predicted molar refractivity (Wildman–Crippen MR) is 158 cm³/mol. The topological polar surface area (TPSA) is 153 Å². The summed E-state index contributed by atoms with van der Waals surface area (Å²) < 4.78 is 5.34. The van der Waals surface area contributed by atoms with Crippen molar-refractivity contribution in [1.82, 2.24) is 40.7 Å². The molecule has 1 aliphatic carbocycles. The van der Waals surface area contributed by atoms with Crippen molar-refractivity contribution in [3.63, 3.8) is 0 Å². The lowest BCUT2D eigenvalue weighted by molar-refractivity contribution is -0.121. The monoisotopic (exact) mass is 580 g/mol. The molecule has 2 aromatic heterocycles. The van der Waals surface area contributed by atoms with Crippen molar-refractivity contribution in [1.29, 1.82) is 0 Å². The molecule has 3 aliphatic rings. The van der Waals surface area contributed by atoms with Crippen molar-refractivity contribution in [2.75, 3.05) is 30.9 Å².